The van der Waals surface area contributed by atoms with E-state index in [-0.39, 0.29) is 12.4 Å². The Bertz CT molecular complexity index is 1350. The maximum Gasteiger partial charge on any atom is 0.261 e. The molecule has 5 rings (SSSR count). The van der Waals surface area contributed by atoms with E-state index in [1.54, 1.807) is 4.57 Å². The second-order valence-electron chi connectivity index (χ2n) is 7.27. The minimum absolute atomic E-state index is 0.0233. The molecule has 0 spiro atoms. The van der Waals surface area contributed by atoms with Gasteiger partial charge in [-0.25, -0.2) is 4.98 Å². The molecule has 0 N–H and O–H groups in total. The van der Waals surface area contributed by atoms with Crippen molar-refractivity contribution >= 4 is 45.6 Å². The number of halogens is 1. The number of ether oxygens (including phenoxy) is 2. The van der Waals surface area contributed by atoms with Crippen LogP contribution in [0.4, 0.5) is 0 Å². The van der Waals surface area contributed by atoms with Crippen molar-refractivity contribution in [2.24, 2.45) is 0 Å². The van der Waals surface area contributed by atoms with E-state index in [4.69, 9.17) is 14.5 Å². The van der Waals surface area contributed by atoms with Crippen molar-refractivity contribution in [1.82, 2.24) is 9.55 Å². The first-order valence-corrected chi connectivity index (χ1v) is 11.1. The number of aryl methyl sites for hydroxylation is 1. The summed E-state index contributed by atoms with van der Waals surface area (Å²) in [6.07, 6.45) is 4.59. The first kappa shape index (κ1) is 19.8. The minimum atomic E-state index is -0.0233. The summed E-state index contributed by atoms with van der Waals surface area (Å²) in [5.41, 5.74) is 2.81. The normalized spacial score (nSPS) is 12.7. The van der Waals surface area contributed by atoms with Crippen LogP contribution in [-0.2, 0) is 13.0 Å². The largest absolute Gasteiger partial charge is 0.454 e. The second kappa shape index (κ2) is 8.55. The number of rotatable bonds is 5. The lowest BCUT2D eigenvalue weighted by Crippen LogP contribution is -2.25. The number of nitrogens with zero attached hydrogens (tertiary/aromatic N) is 2. The predicted molar refractivity (Wildman–Crippen MR) is 130 cm³/mol. The molecule has 6 heteroatoms. The molecule has 1 aromatic heterocycles. The summed E-state index contributed by atoms with van der Waals surface area (Å²) >= 11 is 2.22. The number of benzene rings is 3. The fourth-order valence-electron chi connectivity index (χ4n) is 3.63. The molecule has 1 aliphatic rings. The minimum Gasteiger partial charge on any atom is -0.454 e. The van der Waals surface area contributed by atoms with Gasteiger partial charge in [0.25, 0.3) is 5.56 Å². The molecule has 0 saturated heterocycles. The number of fused-ring (bicyclic) bond motifs is 2. The monoisotopic (exact) mass is 522 g/mol. The van der Waals surface area contributed by atoms with Gasteiger partial charge in [-0.3, -0.25) is 9.36 Å². The van der Waals surface area contributed by atoms with Crippen molar-refractivity contribution in [2.45, 2.75) is 13.0 Å². The van der Waals surface area contributed by atoms with Crippen LogP contribution in [0.15, 0.2) is 71.5 Å². The van der Waals surface area contributed by atoms with Crippen LogP contribution in [0.1, 0.15) is 17.0 Å². The van der Waals surface area contributed by atoms with Crippen LogP contribution < -0.4 is 15.0 Å². The van der Waals surface area contributed by atoms with Gasteiger partial charge in [-0.1, -0.05) is 42.5 Å². The summed E-state index contributed by atoms with van der Waals surface area (Å²) in [6, 6.07) is 21.7. The molecular weight excluding hydrogens is 503 g/mol. The molecule has 2 heterocycles. The molecule has 0 aliphatic carbocycles. The van der Waals surface area contributed by atoms with Crippen molar-refractivity contribution < 1.29 is 9.47 Å². The smallest absolute Gasteiger partial charge is 0.261 e. The number of hydrogen-bond acceptors (Lipinski definition) is 4. The van der Waals surface area contributed by atoms with E-state index < -0.39 is 0 Å². The van der Waals surface area contributed by atoms with Gasteiger partial charge in [-0.2, -0.15) is 0 Å². The van der Waals surface area contributed by atoms with Crippen molar-refractivity contribution in [3.63, 3.8) is 0 Å². The van der Waals surface area contributed by atoms with Crippen LogP contribution in [0, 0.1) is 3.57 Å². The van der Waals surface area contributed by atoms with Gasteiger partial charge in [0.15, 0.2) is 11.5 Å². The van der Waals surface area contributed by atoms with Crippen LogP contribution in [-0.4, -0.2) is 16.3 Å². The Morgan fingerprint density at radius 3 is 2.68 bits per heavy atom. The Balaban J connectivity index is 1.54. The molecule has 5 nitrogen and oxygen atoms in total. The van der Waals surface area contributed by atoms with Gasteiger partial charge in [-0.15, -0.1) is 0 Å². The Morgan fingerprint density at radius 1 is 0.968 bits per heavy atom. The summed E-state index contributed by atoms with van der Waals surface area (Å²) in [7, 11) is 0. The zero-order valence-electron chi connectivity index (χ0n) is 16.6. The lowest BCUT2D eigenvalue weighted by atomic mass is 10.1. The highest BCUT2D eigenvalue weighted by atomic mass is 127. The molecular formula is C25H19IN2O3. The maximum absolute atomic E-state index is 13.3. The van der Waals surface area contributed by atoms with E-state index >= 15 is 0 Å². The lowest BCUT2D eigenvalue weighted by Gasteiger charge is -2.12. The summed E-state index contributed by atoms with van der Waals surface area (Å²) in [4.78, 5) is 18.1. The van der Waals surface area contributed by atoms with Crippen molar-refractivity contribution in [3.05, 3.63) is 97.6 Å². The third kappa shape index (κ3) is 4.20. The highest BCUT2D eigenvalue weighted by Crippen LogP contribution is 2.33. The third-order valence-electron chi connectivity index (χ3n) is 5.23. The first-order valence-electron chi connectivity index (χ1n) is 9.99. The Hall–Kier alpha value is -3.13. The van der Waals surface area contributed by atoms with Gasteiger partial charge in [0.2, 0.25) is 6.79 Å². The zero-order valence-corrected chi connectivity index (χ0v) is 18.8. The van der Waals surface area contributed by atoms with E-state index in [0.29, 0.717) is 23.3 Å². The standard InChI is InChI=1S/C25H19IN2O3/c26-19-8-9-21-20(15-19)25(29)28(13-12-17-4-2-1-3-5-17)24(27-21)11-7-18-6-10-22-23(14-18)31-16-30-22/h1-11,14-15H,12-13,16H2. The average Bonchev–Trinajstić information content (AvgIpc) is 3.26. The van der Waals surface area contributed by atoms with Crippen molar-refractivity contribution in [2.75, 3.05) is 6.79 Å². The second-order valence-corrected chi connectivity index (χ2v) is 8.52. The molecule has 1 aliphatic heterocycles. The van der Waals surface area contributed by atoms with E-state index in [1.165, 1.54) is 5.56 Å². The zero-order chi connectivity index (χ0) is 21.2. The maximum atomic E-state index is 13.3. The Labute approximate surface area is 193 Å². The fraction of sp³-hybridized carbons (Fsp3) is 0.120. The summed E-state index contributed by atoms with van der Waals surface area (Å²) in [5.74, 6) is 2.10. The van der Waals surface area contributed by atoms with Crippen LogP contribution in [0.5, 0.6) is 11.5 Å². The van der Waals surface area contributed by atoms with Gasteiger partial charge >= 0.3 is 0 Å². The highest BCUT2D eigenvalue weighted by molar-refractivity contribution is 14.1. The molecule has 0 atom stereocenters. The van der Waals surface area contributed by atoms with Gasteiger partial charge in [0, 0.05) is 10.1 Å². The third-order valence-corrected chi connectivity index (χ3v) is 5.91. The molecule has 0 saturated carbocycles. The first-order chi connectivity index (χ1) is 15.2. The molecule has 0 amide bonds. The SMILES string of the molecule is O=c1c2cc(I)ccc2nc(C=Cc2ccc3c(c2)OCO3)n1CCc1ccccc1. The van der Waals surface area contributed by atoms with Gasteiger partial charge in [0.05, 0.1) is 10.9 Å². The summed E-state index contributed by atoms with van der Waals surface area (Å²) < 4.78 is 13.6. The molecule has 0 fully saturated rings. The average molecular weight is 522 g/mol. The number of aromatic nitrogens is 2. The Morgan fingerprint density at radius 2 is 1.81 bits per heavy atom. The van der Waals surface area contributed by atoms with Crippen LogP contribution >= 0.6 is 22.6 Å². The van der Waals surface area contributed by atoms with Crippen LogP contribution in [0.25, 0.3) is 23.1 Å². The van der Waals surface area contributed by atoms with Crippen molar-refractivity contribution in [3.8, 4) is 11.5 Å². The van der Waals surface area contributed by atoms with Crippen LogP contribution in [0.2, 0.25) is 0 Å². The quantitative estimate of drug-likeness (QED) is 0.341. The molecule has 0 unspecified atom stereocenters. The molecule has 3 aromatic carbocycles. The molecule has 0 radical (unpaired) electrons. The fourth-order valence-corrected chi connectivity index (χ4v) is 4.12. The van der Waals surface area contributed by atoms with Gasteiger partial charge in [-0.05, 0) is 76.5 Å². The van der Waals surface area contributed by atoms with E-state index in [2.05, 4.69) is 34.7 Å². The van der Waals surface area contributed by atoms with E-state index in [1.807, 2.05) is 66.7 Å². The van der Waals surface area contributed by atoms with Crippen LogP contribution in [0.3, 0.4) is 0 Å². The molecule has 31 heavy (non-hydrogen) atoms. The lowest BCUT2D eigenvalue weighted by molar-refractivity contribution is 0.174. The number of hydrogen-bond donors (Lipinski definition) is 0. The molecule has 4 aromatic rings. The summed E-state index contributed by atoms with van der Waals surface area (Å²) in [5, 5.41) is 0.639. The molecule has 154 valence electrons. The van der Waals surface area contributed by atoms with E-state index in [9.17, 15) is 4.79 Å². The predicted octanol–water partition coefficient (Wildman–Crippen LogP) is 5.14. The van der Waals surface area contributed by atoms with E-state index in [0.717, 1.165) is 27.1 Å². The van der Waals surface area contributed by atoms with Gasteiger partial charge in [0.1, 0.15) is 5.82 Å². The summed E-state index contributed by atoms with van der Waals surface area (Å²) in [6.45, 7) is 0.796. The van der Waals surface area contributed by atoms with Gasteiger partial charge < -0.3 is 9.47 Å². The highest BCUT2D eigenvalue weighted by Gasteiger charge is 2.13. The molecule has 0 bridgehead atoms. The van der Waals surface area contributed by atoms with Crippen molar-refractivity contribution in [1.29, 1.82) is 0 Å². The Kier molecular flexibility index (Phi) is 5.46. The topological polar surface area (TPSA) is 53.4 Å².